The summed E-state index contributed by atoms with van der Waals surface area (Å²) in [5, 5.41) is 5.08. The van der Waals surface area contributed by atoms with E-state index in [-0.39, 0.29) is 5.91 Å². The van der Waals surface area contributed by atoms with E-state index in [4.69, 9.17) is 32.4 Å². The number of hydrogen-bond donors (Lipinski definition) is 1. The van der Waals surface area contributed by atoms with Crippen molar-refractivity contribution in [1.29, 1.82) is 0 Å². The Morgan fingerprint density at radius 2 is 1.73 bits per heavy atom. The molecule has 4 rings (SSSR count). The number of carbonyl (C=O) groups excluding carboxylic acids is 1. The first kappa shape index (κ1) is 23.0. The van der Waals surface area contributed by atoms with Crippen molar-refractivity contribution >= 4 is 51.3 Å². The van der Waals surface area contributed by atoms with Crippen molar-refractivity contribution in [3.63, 3.8) is 0 Å². The van der Waals surface area contributed by atoms with Crippen LogP contribution in [-0.4, -0.2) is 13.0 Å². The lowest BCUT2D eigenvalue weighted by molar-refractivity contribution is -0.111. The fourth-order valence-electron chi connectivity index (χ4n) is 3.90. The Hall–Kier alpha value is -3.21. The van der Waals surface area contributed by atoms with Crippen LogP contribution in [0.25, 0.3) is 27.7 Å². The van der Waals surface area contributed by atoms with E-state index in [0.29, 0.717) is 21.5 Å². The number of methoxy groups -OCH3 is 1. The number of fused-ring (bicyclic) bond motifs is 1. The summed E-state index contributed by atoms with van der Waals surface area (Å²) in [7, 11) is 1.61. The van der Waals surface area contributed by atoms with E-state index in [0.717, 1.165) is 44.4 Å². The number of benzene rings is 3. The maximum absolute atomic E-state index is 12.8. The van der Waals surface area contributed by atoms with Crippen LogP contribution in [0.1, 0.15) is 23.6 Å². The van der Waals surface area contributed by atoms with Gasteiger partial charge in [0.25, 0.3) is 0 Å². The van der Waals surface area contributed by atoms with Gasteiger partial charge in [-0.05, 0) is 67.8 Å². The van der Waals surface area contributed by atoms with Crippen molar-refractivity contribution in [3.05, 3.63) is 87.6 Å². The SMILES string of the molecule is COc1c(/C(C)=C/C(=O)Nc2cc(Cl)ccc2C)cc2c(-c3ccc(Cl)cc3)coc2c1C. The molecule has 0 saturated heterocycles. The summed E-state index contributed by atoms with van der Waals surface area (Å²) in [4.78, 5) is 12.8. The number of furan rings is 1. The second-order valence-corrected chi connectivity index (χ2v) is 8.76. The number of anilines is 1. The molecule has 4 nitrogen and oxygen atoms in total. The molecule has 0 spiro atoms. The first-order valence-electron chi connectivity index (χ1n) is 10.4. The Morgan fingerprint density at radius 3 is 2.42 bits per heavy atom. The molecule has 1 aromatic heterocycles. The third-order valence-electron chi connectivity index (χ3n) is 5.63. The maximum Gasteiger partial charge on any atom is 0.248 e. The van der Waals surface area contributed by atoms with Crippen LogP contribution in [0.5, 0.6) is 5.75 Å². The first-order chi connectivity index (χ1) is 15.8. The number of amides is 1. The number of allylic oxidation sites excluding steroid dienone is 1. The molecule has 6 heteroatoms. The lowest BCUT2D eigenvalue weighted by Gasteiger charge is -2.14. The fraction of sp³-hybridized carbons (Fsp3) is 0.148. The molecular weight excluding hydrogens is 457 g/mol. The summed E-state index contributed by atoms with van der Waals surface area (Å²) in [6.45, 7) is 5.75. The number of carbonyl (C=O) groups is 1. The predicted molar refractivity (Wildman–Crippen MR) is 136 cm³/mol. The van der Waals surface area contributed by atoms with Crippen molar-refractivity contribution in [2.24, 2.45) is 0 Å². The monoisotopic (exact) mass is 479 g/mol. The minimum Gasteiger partial charge on any atom is -0.496 e. The van der Waals surface area contributed by atoms with Gasteiger partial charge in [-0.25, -0.2) is 0 Å². The molecule has 0 aliphatic rings. The molecule has 168 valence electrons. The molecule has 1 N–H and O–H groups in total. The fourth-order valence-corrected chi connectivity index (χ4v) is 4.19. The minimum absolute atomic E-state index is 0.247. The molecule has 0 radical (unpaired) electrons. The molecule has 33 heavy (non-hydrogen) atoms. The average molecular weight is 480 g/mol. The Kier molecular flexibility index (Phi) is 6.50. The van der Waals surface area contributed by atoms with E-state index in [2.05, 4.69) is 5.32 Å². The number of ether oxygens (including phenoxy) is 1. The molecule has 1 amide bonds. The molecule has 3 aromatic carbocycles. The van der Waals surface area contributed by atoms with E-state index in [1.807, 2.05) is 57.2 Å². The van der Waals surface area contributed by atoms with Crippen molar-refractivity contribution in [2.45, 2.75) is 20.8 Å². The van der Waals surface area contributed by atoms with Gasteiger partial charge in [0.15, 0.2) is 0 Å². The highest BCUT2D eigenvalue weighted by molar-refractivity contribution is 6.31. The summed E-state index contributed by atoms with van der Waals surface area (Å²) in [6, 6.07) is 15.0. The van der Waals surface area contributed by atoms with Gasteiger partial charge < -0.3 is 14.5 Å². The van der Waals surface area contributed by atoms with Crippen molar-refractivity contribution in [2.75, 3.05) is 12.4 Å². The third kappa shape index (κ3) is 4.63. The zero-order valence-corrected chi connectivity index (χ0v) is 20.3. The van der Waals surface area contributed by atoms with Crippen LogP contribution in [0.15, 0.2) is 65.3 Å². The predicted octanol–water partition coefficient (Wildman–Crippen LogP) is 8.07. The number of nitrogens with one attached hydrogen (secondary N) is 1. The quantitative estimate of drug-likeness (QED) is 0.294. The topological polar surface area (TPSA) is 51.5 Å². The lowest BCUT2D eigenvalue weighted by atomic mass is 9.96. The highest BCUT2D eigenvalue weighted by Crippen LogP contribution is 2.40. The highest BCUT2D eigenvalue weighted by Gasteiger charge is 2.19. The van der Waals surface area contributed by atoms with Crippen LogP contribution >= 0.6 is 23.2 Å². The van der Waals surface area contributed by atoms with Gasteiger partial charge in [-0.15, -0.1) is 0 Å². The number of halogens is 2. The zero-order valence-electron chi connectivity index (χ0n) is 18.8. The van der Waals surface area contributed by atoms with E-state index in [1.54, 1.807) is 31.6 Å². The van der Waals surface area contributed by atoms with E-state index in [9.17, 15) is 4.79 Å². The molecule has 0 atom stereocenters. The molecule has 0 aliphatic heterocycles. The van der Waals surface area contributed by atoms with Crippen LogP contribution < -0.4 is 10.1 Å². The zero-order chi connectivity index (χ0) is 23.7. The maximum atomic E-state index is 12.8. The van der Waals surface area contributed by atoms with Gasteiger partial charge in [0.1, 0.15) is 11.3 Å². The summed E-state index contributed by atoms with van der Waals surface area (Å²) in [6.07, 6.45) is 3.29. The number of aryl methyl sites for hydroxylation is 2. The van der Waals surface area contributed by atoms with Gasteiger partial charge in [-0.2, -0.15) is 0 Å². The van der Waals surface area contributed by atoms with Crippen molar-refractivity contribution in [1.82, 2.24) is 0 Å². The van der Waals surface area contributed by atoms with Gasteiger partial charge in [-0.1, -0.05) is 41.4 Å². The summed E-state index contributed by atoms with van der Waals surface area (Å²) in [5.41, 5.74) is 6.73. The summed E-state index contributed by atoms with van der Waals surface area (Å²) in [5.74, 6) is 0.419. The van der Waals surface area contributed by atoms with Crippen LogP contribution in [0, 0.1) is 13.8 Å². The van der Waals surface area contributed by atoms with Gasteiger partial charge in [0, 0.05) is 43.9 Å². The smallest absolute Gasteiger partial charge is 0.248 e. The first-order valence-corrected chi connectivity index (χ1v) is 11.1. The Bertz CT molecular complexity index is 1390. The third-order valence-corrected chi connectivity index (χ3v) is 6.12. The molecule has 1 heterocycles. The van der Waals surface area contributed by atoms with Crippen LogP contribution in [0.4, 0.5) is 5.69 Å². The largest absolute Gasteiger partial charge is 0.496 e. The Morgan fingerprint density at radius 1 is 1.03 bits per heavy atom. The van der Waals surface area contributed by atoms with Gasteiger partial charge >= 0.3 is 0 Å². The van der Waals surface area contributed by atoms with Gasteiger partial charge in [0.05, 0.1) is 13.4 Å². The van der Waals surface area contributed by atoms with Gasteiger partial charge in [0.2, 0.25) is 5.91 Å². The Labute approximate surface area is 202 Å². The Balaban J connectivity index is 1.76. The molecule has 0 saturated carbocycles. The molecule has 0 aliphatic carbocycles. The van der Waals surface area contributed by atoms with Crippen LogP contribution in [0.3, 0.4) is 0 Å². The van der Waals surface area contributed by atoms with Crippen molar-refractivity contribution in [3.8, 4) is 16.9 Å². The molecule has 0 unspecified atom stereocenters. The lowest BCUT2D eigenvalue weighted by Crippen LogP contribution is -2.10. The highest BCUT2D eigenvalue weighted by atomic mass is 35.5. The standard InChI is InChI=1S/C27H23Cl2NO3/c1-15-5-8-20(29)12-24(15)30-25(31)11-16(2)21-13-22-23(18-6-9-19(28)10-7-18)14-33-27(22)17(3)26(21)32-4/h5-14H,1-4H3,(H,30,31)/b16-11+. The number of rotatable bonds is 5. The molecular formula is C27H23Cl2NO3. The normalized spacial score (nSPS) is 11.6. The molecule has 0 bridgehead atoms. The van der Waals surface area contributed by atoms with E-state index < -0.39 is 0 Å². The van der Waals surface area contributed by atoms with E-state index in [1.165, 1.54) is 0 Å². The van der Waals surface area contributed by atoms with Gasteiger partial charge in [-0.3, -0.25) is 4.79 Å². The van der Waals surface area contributed by atoms with Crippen LogP contribution in [-0.2, 0) is 4.79 Å². The summed E-state index contributed by atoms with van der Waals surface area (Å²) < 4.78 is 11.6. The molecule has 4 aromatic rings. The second kappa shape index (κ2) is 9.34. The number of hydrogen-bond acceptors (Lipinski definition) is 3. The minimum atomic E-state index is -0.247. The molecule has 0 fully saturated rings. The van der Waals surface area contributed by atoms with E-state index >= 15 is 0 Å². The average Bonchev–Trinajstić information content (AvgIpc) is 3.21. The van der Waals surface area contributed by atoms with Crippen LogP contribution in [0.2, 0.25) is 10.0 Å². The van der Waals surface area contributed by atoms with Crippen molar-refractivity contribution < 1.29 is 13.9 Å². The second-order valence-electron chi connectivity index (χ2n) is 7.89. The summed E-state index contributed by atoms with van der Waals surface area (Å²) >= 11 is 12.1.